The molecule has 6 nitrogen and oxygen atoms in total. The van der Waals surface area contributed by atoms with Gasteiger partial charge in [-0.15, -0.1) is 0 Å². The molecule has 106 valence electrons. The van der Waals surface area contributed by atoms with E-state index in [0.717, 1.165) is 38.2 Å². The molecule has 1 aromatic rings. The summed E-state index contributed by atoms with van der Waals surface area (Å²) in [5.74, 6) is -0.00908. The van der Waals surface area contributed by atoms with Crippen molar-refractivity contribution < 1.29 is 14.6 Å². The zero-order valence-electron chi connectivity index (χ0n) is 11.4. The monoisotopic (exact) mass is 267 g/mol. The summed E-state index contributed by atoms with van der Waals surface area (Å²) >= 11 is 0. The predicted molar refractivity (Wildman–Crippen MR) is 70.0 cm³/mol. The van der Waals surface area contributed by atoms with Gasteiger partial charge in [0.05, 0.1) is 13.2 Å². The van der Waals surface area contributed by atoms with Gasteiger partial charge in [-0.25, -0.2) is 4.79 Å². The normalized spacial score (nSPS) is 19.3. The van der Waals surface area contributed by atoms with E-state index in [2.05, 4.69) is 19.8 Å². The number of carbonyl (C=O) groups is 1. The molecule has 0 radical (unpaired) electrons. The van der Waals surface area contributed by atoms with Gasteiger partial charge in [-0.2, -0.15) is 5.10 Å². The Kier molecular flexibility index (Phi) is 4.55. The molecule has 1 saturated heterocycles. The van der Waals surface area contributed by atoms with Crippen molar-refractivity contribution in [1.29, 1.82) is 0 Å². The highest BCUT2D eigenvalue weighted by molar-refractivity contribution is 5.87. The first-order valence-corrected chi connectivity index (χ1v) is 6.64. The summed E-state index contributed by atoms with van der Waals surface area (Å²) in [4.78, 5) is 13.6. The number of aromatic nitrogens is 2. The van der Waals surface area contributed by atoms with Crippen LogP contribution in [0.25, 0.3) is 0 Å². The first-order valence-electron chi connectivity index (χ1n) is 6.64. The minimum atomic E-state index is -0.408. The van der Waals surface area contributed by atoms with Crippen LogP contribution in [-0.2, 0) is 4.74 Å². The van der Waals surface area contributed by atoms with E-state index in [4.69, 9.17) is 0 Å². The zero-order chi connectivity index (χ0) is 13.8. The number of nitrogens with one attached hydrogen (secondary N) is 1. The number of β-amino-alcohol motifs (C(OH)–C–C–N with tert-alkyl or cyclic N) is 1. The number of aliphatic hydroxyl groups excluding tert-OH is 1. The Hall–Kier alpha value is -1.40. The third kappa shape index (κ3) is 3.54. The van der Waals surface area contributed by atoms with Gasteiger partial charge < -0.3 is 14.7 Å². The number of aliphatic hydroxyl groups is 1. The quantitative estimate of drug-likeness (QED) is 0.787. The minimum absolute atomic E-state index is 0.283. The fourth-order valence-electron chi connectivity index (χ4n) is 2.56. The highest BCUT2D eigenvalue weighted by atomic mass is 16.5. The summed E-state index contributed by atoms with van der Waals surface area (Å²) < 4.78 is 4.64. The molecule has 1 atom stereocenters. The van der Waals surface area contributed by atoms with Crippen molar-refractivity contribution in [2.75, 3.05) is 26.7 Å². The number of esters is 1. The molecular weight excluding hydrogens is 246 g/mol. The molecule has 1 aliphatic rings. The number of ether oxygens (including phenoxy) is 1. The number of carbonyl (C=O) groups excluding carboxylic acids is 1. The maximum Gasteiger partial charge on any atom is 0.358 e. The Morgan fingerprint density at radius 3 is 2.89 bits per heavy atom. The van der Waals surface area contributed by atoms with Crippen molar-refractivity contribution in [3.8, 4) is 0 Å². The molecule has 0 aromatic carbocycles. The summed E-state index contributed by atoms with van der Waals surface area (Å²) in [5.41, 5.74) is 1.33. The first kappa shape index (κ1) is 14.0. The molecule has 0 amide bonds. The van der Waals surface area contributed by atoms with Gasteiger partial charge in [0, 0.05) is 18.2 Å². The van der Waals surface area contributed by atoms with Gasteiger partial charge in [0.25, 0.3) is 0 Å². The Bertz CT molecular complexity index is 423. The summed E-state index contributed by atoms with van der Waals surface area (Å²) in [5, 5.41) is 16.3. The number of nitrogens with zero attached hydrogens (tertiary/aromatic N) is 2. The van der Waals surface area contributed by atoms with E-state index in [1.807, 2.05) is 6.92 Å². The summed E-state index contributed by atoms with van der Waals surface area (Å²) in [7, 11) is 1.35. The molecule has 1 aliphatic heterocycles. The molecule has 0 unspecified atom stereocenters. The number of hydrogen-bond donors (Lipinski definition) is 2. The molecule has 6 heteroatoms. The maximum atomic E-state index is 11.3. The van der Waals surface area contributed by atoms with Crippen LogP contribution in [0.3, 0.4) is 0 Å². The van der Waals surface area contributed by atoms with Crippen LogP contribution in [0.4, 0.5) is 0 Å². The van der Waals surface area contributed by atoms with Crippen LogP contribution < -0.4 is 0 Å². The molecule has 2 heterocycles. The molecule has 19 heavy (non-hydrogen) atoms. The second-order valence-electron chi connectivity index (χ2n) is 5.12. The van der Waals surface area contributed by atoms with Gasteiger partial charge in [-0.1, -0.05) is 0 Å². The molecule has 1 fully saturated rings. The van der Waals surface area contributed by atoms with Gasteiger partial charge in [0.2, 0.25) is 0 Å². The molecule has 0 bridgehead atoms. The number of H-pyrrole nitrogens is 1. The summed E-state index contributed by atoms with van der Waals surface area (Å²) in [6, 6.07) is 1.78. The second-order valence-corrected chi connectivity index (χ2v) is 5.12. The summed E-state index contributed by atoms with van der Waals surface area (Å²) in [6.07, 6.45) is 1.74. The van der Waals surface area contributed by atoms with Crippen LogP contribution >= 0.6 is 0 Å². The van der Waals surface area contributed by atoms with Gasteiger partial charge in [0.1, 0.15) is 0 Å². The lowest BCUT2D eigenvalue weighted by Crippen LogP contribution is -2.37. The molecule has 0 saturated carbocycles. The van der Waals surface area contributed by atoms with E-state index in [1.54, 1.807) is 6.07 Å². The van der Waals surface area contributed by atoms with Crippen molar-refractivity contribution in [3.63, 3.8) is 0 Å². The van der Waals surface area contributed by atoms with Crippen molar-refractivity contribution in [1.82, 2.24) is 15.1 Å². The Morgan fingerprint density at radius 2 is 2.32 bits per heavy atom. The van der Waals surface area contributed by atoms with Crippen molar-refractivity contribution in [2.24, 2.45) is 0 Å². The molecule has 2 rings (SSSR count). The standard InChI is InChI=1S/C13H21N3O3/c1-9(17)8-16-5-3-10(4-6-16)11-7-12(15-14-11)13(18)19-2/h7,9-10,17H,3-6,8H2,1-2H3,(H,14,15)/t9-/m0/s1. The third-order valence-electron chi connectivity index (χ3n) is 3.54. The van der Waals surface area contributed by atoms with Crippen molar-refractivity contribution >= 4 is 5.97 Å². The van der Waals surface area contributed by atoms with Gasteiger partial charge in [-0.3, -0.25) is 5.10 Å². The van der Waals surface area contributed by atoms with Crippen LogP contribution in [0, 0.1) is 0 Å². The van der Waals surface area contributed by atoms with Crippen LogP contribution in [0.2, 0.25) is 0 Å². The highest BCUT2D eigenvalue weighted by Gasteiger charge is 2.23. The SMILES string of the molecule is COC(=O)c1cc(C2CCN(C[C@H](C)O)CC2)[nH]n1. The number of rotatable bonds is 4. The zero-order valence-corrected chi connectivity index (χ0v) is 11.4. The fourth-order valence-corrected chi connectivity index (χ4v) is 2.56. The van der Waals surface area contributed by atoms with Crippen LogP contribution in [-0.4, -0.2) is 59.0 Å². The van der Waals surface area contributed by atoms with Crippen molar-refractivity contribution in [3.05, 3.63) is 17.5 Å². The fraction of sp³-hybridized carbons (Fsp3) is 0.692. The maximum absolute atomic E-state index is 11.3. The largest absolute Gasteiger partial charge is 0.464 e. The molecule has 0 spiro atoms. The van der Waals surface area contributed by atoms with E-state index < -0.39 is 5.97 Å². The average molecular weight is 267 g/mol. The number of hydrogen-bond acceptors (Lipinski definition) is 5. The van der Waals surface area contributed by atoms with Crippen molar-refractivity contribution in [2.45, 2.75) is 31.8 Å². The highest BCUT2D eigenvalue weighted by Crippen LogP contribution is 2.27. The molecule has 1 aromatic heterocycles. The van der Waals surface area contributed by atoms with Gasteiger partial charge in [0.15, 0.2) is 5.69 Å². The molecular formula is C13H21N3O3. The van der Waals surface area contributed by atoms with E-state index in [9.17, 15) is 9.90 Å². The predicted octanol–water partition coefficient (Wildman–Crippen LogP) is 0.756. The lowest BCUT2D eigenvalue weighted by atomic mass is 9.93. The number of piperidine rings is 1. The lowest BCUT2D eigenvalue weighted by Gasteiger charge is -2.32. The van der Waals surface area contributed by atoms with Gasteiger partial charge in [-0.05, 0) is 38.9 Å². The van der Waals surface area contributed by atoms with Crippen LogP contribution in [0.5, 0.6) is 0 Å². The third-order valence-corrected chi connectivity index (χ3v) is 3.54. The van der Waals surface area contributed by atoms with E-state index in [0.29, 0.717) is 11.6 Å². The molecule has 2 N–H and O–H groups in total. The Morgan fingerprint density at radius 1 is 1.63 bits per heavy atom. The smallest absolute Gasteiger partial charge is 0.358 e. The summed E-state index contributed by atoms with van der Waals surface area (Å²) in [6.45, 7) is 4.46. The second kappa shape index (κ2) is 6.16. The minimum Gasteiger partial charge on any atom is -0.464 e. The van der Waals surface area contributed by atoms with Crippen LogP contribution in [0.1, 0.15) is 41.9 Å². The Balaban J connectivity index is 1.91. The van der Waals surface area contributed by atoms with E-state index in [-0.39, 0.29) is 6.10 Å². The van der Waals surface area contributed by atoms with Crippen LogP contribution in [0.15, 0.2) is 6.07 Å². The van der Waals surface area contributed by atoms with E-state index >= 15 is 0 Å². The number of aromatic amines is 1. The topological polar surface area (TPSA) is 78.5 Å². The first-order chi connectivity index (χ1) is 9.10. The average Bonchev–Trinajstić information content (AvgIpc) is 2.87. The van der Waals surface area contributed by atoms with Gasteiger partial charge >= 0.3 is 5.97 Å². The lowest BCUT2D eigenvalue weighted by molar-refractivity contribution is 0.0594. The number of methoxy groups -OCH3 is 1. The molecule has 0 aliphatic carbocycles. The Labute approximate surface area is 112 Å². The number of likely N-dealkylation sites (tertiary alicyclic amines) is 1. The van der Waals surface area contributed by atoms with E-state index in [1.165, 1.54) is 7.11 Å².